The van der Waals surface area contributed by atoms with Gasteiger partial charge in [0.1, 0.15) is 16.8 Å². The van der Waals surface area contributed by atoms with Crippen LogP contribution in [0, 0.1) is 0 Å². The number of hydrogen-bond donors (Lipinski definition) is 0. The van der Waals surface area contributed by atoms with Crippen molar-refractivity contribution in [1.82, 2.24) is 14.0 Å². The molecule has 0 radical (unpaired) electrons. The molecule has 5 heterocycles. The summed E-state index contributed by atoms with van der Waals surface area (Å²) in [6.07, 6.45) is 0. The molecule has 12 aromatic rings. The van der Waals surface area contributed by atoms with Crippen molar-refractivity contribution >= 4 is 71.2 Å². The van der Waals surface area contributed by atoms with Gasteiger partial charge < -0.3 is 8.98 Å². The Morgan fingerprint density at radius 2 is 1.09 bits per heavy atom. The van der Waals surface area contributed by atoms with Crippen molar-refractivity contribution in [1.29, 1.82) is 0 Å². The van der Waals surface area contributed by atoms with E-state index in [1.54, 1.807) is 0 Å². The quantitative estimate of drug-likeness (QED) is 0.186. The maximum atomic E-state index is 6.54. The second kappa shape index (κ2) is 10.7. The number of hydrogen-bond acceptors (Lipinski definition) is 2. The van der Waals surface area contributed by atoms with Gasteiger partial charge in [-0.1, -0.05) is 115 Å². The molecule has 4 heteroatoms. The fraction of sp³-hybridized carbons (Fsp3) is 0. The smallest absolute Gasteiger partial charge is 0.145 e. The fourth-order valence-electron chi connectivity index (χ4n) is 8.71. The van der Waals surface area contributed by atoms with Crippen molar-refractivity contribution in [3.63, 3.8) is 0 Å². The molecule has 0 N–H and O–H groups in total. The summed E-state index contributed by atoms with van der Waals surface area (Å²) in [6.45, 7) is 0. The van der Waals surface area contributed by atoms with Crippen LogP contribution in [0.15, 0.2) is 180 Å². The van der Waals surface area contributed by atoms with Gasteiger partial charge >= 0.3 is 0 Å². The highest BCUT2D eigenvalue weighted by molar-refractivity contribution is 6.24. The second-order valence-electron chi connectivity index (χ2n) is 14.0. The topological polar surface area (TPSA) is 35.4 Å². The summed E-state index contributed by atoms with van der Waals surface area (Å²) >= 11 is 0. The van der Waals surface area contributed by atoms with Gasteiger partial charge in [-0.25, -0.2) is 4.98 Å². The van der Waals surface area contributed by atoms with E-state index in [9.17, 15) is 0 Å². The molecule has 0 aliphatic heterocycles. The first-order valence-electron chi connectivity index (χ1n) is 18.0. The maximum Gasteiger partial charge on any atom is 0.145 e. The Morgan fingerprint density at radius 1 is 0.415 bits per heavy atom. The van der Waals surface area contributed by atoms with Crippen molar-refractivity contribution in [2.24, 2.45) is 0 Å². The van der Waals surface area contributed by atoms with E-state index >= 15 is 0 Å². The summed E-state index contributed by atoms with van der Waals surface area (Å²) < 4.78 is 11.2. The van der Waals surface area contributed by atoms with E-state index in [0.29, 0.717) is 0 Å². The maximum absolute atomic E-state index is 6.54. The predicted molar refractivity (Wildman–Crippen MR) is 219 cm³/mol. The third kappa shape index (κ3) is 4.03. The molecule has 12 rings (SSSR count). The van der Waals surface area contributed by atoms with E-state index in [-0.39, 0.29) is 0 Å². The lowest BCUT2D eigenvalue weighted by atomic mass is 9.97. The molecule has 0 spiro atoms. The van der Waals surface area contributed by atoms with Gasteiger partial charge in [-0.15, -0.1) is 0 Å². The SMILES string of the molecule is c1ccc(-c2nc3cccc4c5ccc(-c6cccc(-c7cccc(-n8c9ccccc9c9c%10oc%11ccccc%11c%10ccc98)c7)c6)cc5c2n34)cc1. The minimum absolute atomic E-state index is 0.914. The zero-order valence-corrected chi connectivity index (χ0v) is 28.5. The van der Waals surface area contributed by atoms with E-state index in [0.717, 1.165) is 72.0 Å². The molecule has 0 fully saturated rings. The molecule has 0 atom stereocenters. The highest BCUT2D eigenvalue weighted by Crippen LogP contribution is 2.42. The van der Waals surface area contributed by atoms with Crippen LogP contribution in [-0.4, -0.2) is 14.0 Å². The lowest BCUT2D eigenvalue weighted by Crippen LogP contribution is -1.94. The van der Waals surface area contributed by atoms with Crippen LogP contribution in [-0.2, 0) is 0 Å². The molecule has 0 saturated carbocycles. The predicted octanol–water partition coefficient (Wildman–Crippen LogP) is 13.1. The van der Waals surface area contributed by atoms with E-state index in [4.69, 9.17) is 9.40 Å². The molecule has 0 aliphatic carbocycles. The van der Waals surface area contributed by atoms with E-state index in [2.05, 4.69) is 179 Å². The lowest BCUT2D eigenvalue weighted by Gasteiger charge is -2.11. The molecule has 5 aromatic heterocycles. The Balaban J connectivity index is 1.01. The van der Waals surface area contributed by atoms with E-state index < -0.39 is 0 Å². The first-order chi connectivity index (χ1) is 26.3. The Kier molecular flexibility index (Phi) is 5.74. The number of furan rings is 1. The lowest BCUT2D eigenvalue weighted by molar-refractivity contribution is 0.673. The minimum atomic E-state index is 0.914. The van der Waals surface area contributed by atoms with Crippen molar-refractivity contribution in [3.8, 4) is 39.2 Å². The first-order valence-corrected chi connectivity index (χ1v) is 18.0. The Labute approximate surface area is 303 Å². The monoisotopic (exact) mass is 675 g/mol. The molecule has 0 saturated heterocycles. The van der Waals surface area contributed by atoms with Crippen molar-refractivity contribution in [2.75, 3.05) is 0 Å². The summed E-state index contributed by atoms with van der Waals surface area (Å²) in [5.41, 5.74) is 15.4. The van der Waals surface area contributed by atoms with Crippen molar-refractivity contribution in [3.05, 3.63) is 176 Å². The number of aromatic nitrogens is 3. The summed E-state index contributed by atoms with van der Waals surface area (Å²) in [4.78, 5) is 5.10. The number of imidazole rings is 1. The van der Waals surface area contributed by atoms with Crippen LogP contribution in [0.2, 0.25) is 0 Å². The molecular weight excluding hydrogens is 647 g/mol. The van der Waals surface area contributed by atoms with Gasteiger partial charge in [0, 0.05) is 38.2 Å². The summed E-state index contributed by atoms with van der Waals surface area (Å²) in [6, 6.07) is 63.0. The number of rotatable bonds is 4. The number of nitrogens with zero attached hydrogens (tertiary/aromatic N) is 3. The number of pyridine rings is 1. The minimum Gasteiger partial charge on any atom is -0.455 e. The van der Waals surface area contributed by atoms with Gasteiger partial charge in [-0.05, 0) is 82.9 Å². The normalized spacial score (nSPS) is 12.2. The molecule has 53 heavy (non-hydrogen) atoms. The van der Waals surface area contributed by atoms with Crippen molar-refractivity contribution in [2.45, 2.75) is 0 Å². The zero-order valence-electron chi connectivity index (χ0n) is 28.5. The van der Waals surface area contributed by atoms with E-state index in [1.807, 2.05) is 6.07 Å². The van der Waals surface area contributed by atoms with Crippen LogP contribution in [0.4, 0.5) is 0 Å². The molecule has 0 aliphatic rings. The zero-order chi connectivity index (χ0) is 34.6. The molecule has 0 bridgehead atoms. The van der Waals surface area contributed by atoms with Gasteiger partial charge in [-0.2, -0.15) is 0 Å². The standard InChI is InChI=1S/C49H29N3O/c1-2-11-30(12-3-1)47-48-40-29-34(23-24-36(40)41-20-10-22-45(50-47)52(41)48)32-14-8-13-31(27-32)33-15-9-16-35(28-33)51-42-19-6-4-18-39(42)46-43(51)26-25-38-37-17-5-7-21-44(37)53-49(38)46/h1-29H. The number of benzene rings is 7. The van der Waals surface area contributed by atoms with Gasteiger partial charge in [0.15, 0.2) is 0 Å². The molecule has 246 valence electrons. The second-order valence-corrected chi connectivity index (χ2v) is 14.0. The molecular formula is C49H29N3O. The van der Waals surface area contributed by atoms with Crippen LogP contribution in [0.25, 0.3) is 110 Å². The van der Waals surface area contributed by atoms with Gasteiger partial charge in [0.25, 0.3) is 0 Å². The number of para-hydroxylation sites is 2. The highest BCUT2D eigenvalue weighted by Gasteiger charge is 2.21. The first kappa shape index (κ1) is 28.5. The summed E-state index contributed by atoms with van der Waals surface area (Å²) in [5, 5.41) is 7.07. The fourth-order valence-corrected chi connectivity index (χ4v) is 8.71. The Hall–Kier alpha value is -7.17. The molecule has 4 nitrogen and oxygen atoms in total. The Morgan fingerprint density at radius 3 is 1.98 bits per heavy atom. The molecule has 0 unspecified atom stereocenters. The van der Waals surface area contributed by atoms with Gasteiger partial charge in [-0.3, -0.25) is 4.40 Å². The molecule has 0 amide bonds. The van der Waals surface area contributed by atoms with Crippen molar-refractivity contribution < 1.29 is 4.42 Å². The average Bonchev–Trinajstić information content (AvgIpc) is 3.98. The van der Waals surface area contributed by atoms with E-state index in [1.165, 1.54) is 38.4 Å². The van der Waals surface area contributed by atoms with Crippen LogP contribution in [0.1, 0.15) is 0 Å². The summed E-state index contributed by atoms with van der Waals surface area (Å²) in [5.74, 6) is 0. The molecule has 7 aromatic carbocycles. The number of fused-ring (bicyclic) bond motifs is 10. The third-order valence-electron chi connectivity index (χ3n) is 11.1. The van der Waals surface area contributed by atoms with Gasteiger partial charge in [0.05, 0.1) is 33.1 Å². The third-order valence-corrected chi connectivity index (χ3v) is 11.1. The highest BCUT2D eigenvalue weighted by atomic mass is 16.3. The average molecular weight is 676 g/mol. The van der Waals surface area contributed by atoms with Crippen LogP contribution in [0.3, 0.4) is 0 Å². The summed E-state index contributed by atoms with van der Waals surface area (Å²) in [7, 11) is 0. The van der Waals surface area contributed by atoms with Gasteiger partial charge in [0.2, 0.25) is 0 Å². The van der Waals surface area contributed by atoms with Crippen LogP contribution < -0.4 is 0 Å². The largest absolute Gasteiger partial charge is 0.455 e. The van der Waals surface area contributed by atoms with Crippen LogP contribution >= 0.6 is 0 Å². The van der Waals surface area contributed by atoms with Crippen LogP contribution in [0.5, 0.6) is 0 Å². The Bertz CT molecular complexity index is 3400.